The topological polar surface area (TPSA) is 46.5 Å². The Morgan fingerprint density at radius 3 is 2.60 bits per heavy atom. The summed E-state index contributed by atoms with van der Waals surface area (Å²) in [6, 6.07) is 2.94. The number of carbonyl (C=O) groups is 1. The van der Waals surface area contributed by atoms with Crippen molar-refractivity contribution in [1.29, 1.82) is 0 Å². The molecule has 1 aromatic carbocycles. The molecular formula is C10H8F2O3. The lowest BCUT2D eigenvalue weighted by atomic mass is 10.3. The van der Waals surface area contributed by atoms with E-state index in [9.17, 15) is 13.6 Å². The highest BCUT2D eigenvalue weighted by molar-refractivity contribution is 5.86. The van der Waals surface area contributed by atoms with Crippen molar-refractivity contribution in [3.05, 3.63) is 42.0 Å². The molecule has 80 valence electrons. The van der Waals surface area contributed by atoms with Gasteiger partial charge in [-0.15, -0.1) is 0 Å². The molecule has 0 aromatic heterocycles. The van der Waals surface area contributed by atoms with Crippen molar-refractivity contribution in [2.24, 2.45) is 0 Å². The maximum atomic E-state index is 12.7. The first-order chi connectivity index (χ1) is 7.00. The molecule has 0 spiro atoms. The van der Waals surface area contributed by atoms with Crippen molar-refractivity contribution in [3.63, 3.8) is 0 Å². The highest BCUT2D eigenvalue weighted by Gasteiger charge is 2.06. The first kappa shape index (κ1) is 11.2. The maximum absolute atomic E-state index is 12.7. The fourth-order valence-electron chi connectivity index (χ4n) is 0.799. The van der Waals surface area contributed by atoms with Gasteiger partial charge >= 0.3 is 5.97 Å². The Morgan fingerprint density at radius 2 is 2.07 bits per heavy atom. The highest BCUT2D eigenvalue weighted by Crippen LogP contribution is 2.15. The molecule has 3 nitrogen and oxygen atoms in total. The average molecular weight is 214 g/mol. The molecule has 0 saturated heterocycles. The van der Waals surface area contributed by atoms with Crippen LogP contribution in [0.5, 0.6) is 5.75 Å². The molecule has 0 amide bonds. The van der Waals surface area contributed by atoms with E-state index in [-0.39, 0.29) is 17.9 Å². The van der Waals surface area contributed by atoms with E-state index in [0.29, 0.717) is 0 Å². The molecule has 0 bridgehead atoms. The summed E-state index contributed by atoms with van der Waals surface area (Å²) >= 11 is 0. The van der Waals surface area contributed by atoms with Crippen LogP contribution in [0.4, 0.5) is 8.78 Å². The summed E-state index contributed by atoms with van der Waals surface area (Å²) in [4.78, 5) is 10.3. The summed E-state index contributed by atoms with van der Waals surface area (Å²) in [6.07, 6.45) is 0. The van der Waals surface area contributed by atoms with Crippen molar-refractivity contribution in [3.8, 4) is 5.75 Å². The van der Waals surface area contributed by atoms with E-state index in [4.69, 9.17) is 9.84 Å². The molecule has 0 saturated carbocycles. The average Bonchev–Trinajstić information content (AvgIpc) is 2.19. The maximum Gasteiger partial charge on any atom is 0.334 e. The van der Waals surface area contributed by atoms with Crippen LogP contribution in [-0.2, 0) is 4.79 Å². The summed E-state index contributed by atoms with van der Waals surface area (Å²) in [5.41, 5.74) is -0.167. The standard InChI is InChI=1S/C10H8F2O3/c1-6(10(13)14)5-15-7-2-3-8(11)9(12)4-7/h2-4H,1,5H2,(H,13,14). The van der Waals surface area contributed by atoms with Gasteiger partial charge in [0, 0.05) is 6.07 Å². The van der Waals surface area contributed by atoms with Gasteiger partial charge in [0.2, 0.25) is 0 Å². The quantitative estimate of drug-likeness (QED) is 0.779. The molecule has 0 fully saturated rings. The van der Waals surface area contributed by atoms with E-state index in [2.05, 4.69) is 6.58 Å². The Labute approximate surface area is 84.6 Å². The molecule has 5 heteroatoms. The number of hydrogen-bond donors (Lipinski definition) is 1. The van der Waals surface area contributed by atoms with E-state index in [1.165, 1.54) is 6.07 Å². The van der Waals surface area contributed by atoms with Crippen molar-refractivity contribution in [2.75, 3.05) is 6.61 Å². The van der Waals surface area contributed by atoms with Crippen LogP contribution >= 0.6 is 0 Å². The van der Waals surface area contributed by atoms with E-state index in [1.807, 2.05) is 0 Å². The van der Waals surface area contributed by atoms with Gasteiger partial charge < -0.3 is 9.84 Å². The number of carboxylic acid groups (broad SMARTS) is 1. The zero-order valence-electron chi connectivity index (χ0n) is 7.67. The fourth-order valence-corrected chi connectivity index (χ4v) is 0.799. The van der Waals surface area contributed by atoms with Crippen LogP contribution in [0.25, 0.3) is 0 Å². The van der Waals surface area contributed by atoms with Crippen LogP contribution in [-0.4, -0.2) is 17.7 Å². The Balaban J connectivity index is 2.62. The van der Waals surface area contributed by atoms with Gasteiger partial charge in [-0.3, -0.25) is 0 Å². The Hall–Kier alpha value is -1.91. The van der Waals surface area contributed by atoms with Crippen molar-refractivity contribution >= 4 is 5.97 Å². The van der Waals surface area contributed by atoms with Crippen molar-refractivity contribution in [1.82, 2.24) is 0 Å². The number of ether oxygens (including phenoxy) is 1. The zero-order chi connectivity index (χ0) is 11.4. The lowest BCUT2D eigenvalue weighted by molar-refractivity contribution is -0.133. The summed E-state index contributed by atoms with van der Waals surface area (Å²) in [6.45, 7) is 2.94. The van der Waals surface area contributed by atoms with Crippen LogP contribution < -0.4 is 4.74 Å². The molecule has 0 atom stereocenters. The molecule has 1 aromatic rings. The zero-order valence-corrected chi connectivity index (χ0v) is 7.67. The Bertz CT molecular complexity index is 402. The lowest BCUT2D eigenvalue weighted by Crippen LogP contribution is -2.09. The minimum absolute atomic E-state index is 0.0521. The van der Waals surface area contributed by atoms with E-state index in [0.717, 1.165) is 12.1 Å². The number of aliphatic carboxylic acids is 1. The second kappa shape index (κ2) is 4.54. The van der Waals surface area contributed by atoms with Gasteiger partial charge in [-0.05, 0) is 12.1 Å². The van der Waals surface area contributed by atoms with Gasteiger partial charge in [-0.2, -0.15) is 0 Å². The SMILES string of the molecule is C=C(COc1ccc(F)c(F)c1)C(=O)O. The minimum Gasteiger partial charge on any atom is -0.489 e. The number of carboxylic acids is 1. The number of hydrogen-bond acceptors (Lipinski definition) is 2. The van der Waals surface area contributed by atoms with E-state index in [1.54, 1.807) is 0 Å². The van der Waals surface area contributed by atoms with Gasteiger partial charge in [0.15, 0.2) is 11.6 Å². The molecule has 0 aliphatic heterocycles. The Kier molecular flexibility index (Phi) is 3.38. The van der Waals surface area contributed by atoms with Gasteiger partial charge in [0.25, 0.3) is 0 Å². The lowest BCUT2D eigenvalue weighted by Gasteiger charge is -2.05. The molecule has 0 aliphatic carbocycles. The van der Waals surface area contributed by atoms with Crippen LogP contribution in [0.3, 0.4) is 0 Å². The van der Waals surface area contributed by atoms with E-state index < -0.39 is 17.6 Å². The molecule has 0 radical (unpaired) electrons. The van der Waals surface area contributed by atoms with Gasteiger partial charge in [0.1, 0.15) is 12.4 Å². The van der Waals surface area contributed by atoms with Gasteiger partial charge in [-0.25, -0.2) is 13.6 Å². The third-order valence-electron chi connectivity index (χ3n) is 1.61. The predicted octanol–water partition coefficient (Wildman–Crippen LogP) is 1.98. The molecule has 0 heterocycles. The molecule has 15 heavy (non-hydrogen) atoms. The highest BCUT2D eigenvalue weighted by atomic mass is 19.2. The molecular weight excluding hydrogens is 206 g/mol. The molecule has 1 rings (SSSR count). The van der Waals surface area contributed by atoms with Crippen molar-refractivity contribution in [2.45, 2.75) is 0 Å². The first-order valence-corrected chi connectivity index (χ1v) is 3.99. The number of halogens is 2. The summed E-state index contributed by atoms with van der Waals surface area (Å²) in [5, 5.41) is 8.45. The summed E-state index contributed by atoms with van der Waals surface area (Å²) in [7, 11) is 0. The van der Waals surface area contributed by atoms with Crippen LogP contribution in [0.2, 0.25) is 0 Å². The smallest absolute Gasteiger partial charge is 0.334 e. The molecule has 0 unspecified atom stereocenters. The van der Waals surface area contributed by atoms with Gasteiger partial charge in [-0.1, -0.05) is 6.58 Å². The summed E-state index contributed by atoms with van der Waals surface area (Å²) in [5.74, 6) is -3.18. The normalized spacial score (nSPS) is 9.73. The first-order valence-electron chi connectivity index (χ1n) is 3.99. The number of rotatable bonds is 4. The monoisotopic (exact) mass is 214 g/mol. The second-order valence-corrected chi connectivity index (χ2v) is 2.77. The second-order valence-electron chi connectivity index (χ2n) is 2.77. The fraction of sp³-hybridized carbons (Fsp3) is 0.100. The van der Waals surface area contributed by atoms with Crippen LogP contribution in [0, 0.1) is 11.6 Å². The van der Waals surface area contributed by atoms with E-state index >= 15 is 0 Å². The third-order valence-corrected chi connectivity index (χ3v) is 1.61. The Morgan fingerprint density at radius 1 is 1.40 bits per heavy atom. The molecule has 1 N–H and O–H groups in total. The summed E-state index contributed by atoms with van der Waals surface area (Å²) < 4.78 is 30.0. The van der Waals surface area contributed by atoms with Crippen LogP contribution in [0.15, 0.2) is 30.4 Å². The van der Waals surface area contributed by atoms with Crippen molar-refractivity contribution < 1.29 is 23.4 Å². The van der Waals surface area contributed by atoms with Gasteiger partial charge in [0.05, 0.1) is 5.57 Å². The molecule has 0 aliphatic rings. The number of benzene rings is 1. The van der Waals surface area contributed by atoms with Crippen LogP contribution in [0.1, 0.15) is 0 Å². The third kappa shape index (κ3) is 3.05. The minimum atomic E-state index is -1.20. The predicted molar refractivity (Wildman–Crippen MR) is 48.6 cm³/mol. The largest absolute Gasteiger partial charge is 0.489 e.